The van der Waals surface area contributed by atoms with E-state index in [1.54, 1.807) is 30.3 Å². The summed E-state index contributed by atoms with van der Waals surface area (Å²) in [7, 11) is 0. The van der Waals surface area contributed by atoms with Crippen molar-refractivity contribution in [3.05, 3.63) is 134 Å². The third kappa shape index (κ3) is 6.09. The Morgan fingerprint density at radius 3 is 2.42 bits per heavy atom. The van der Waals surface area contributed by atoms with Crippen LogP contribution in [0.15, 0.2) is 102 Å². The standard InChI is InChI=1S/C30H20Cl2N4O4/c31-25-14-20(15-26(32)29(25)40-18-19-7-6-10-22(13-19)36(38)39)17-33-35-30(37)24-16-28(21-8-2-1-3-9-21)34-27-12-5-4-11-23(24)27/h1-17H,18H2,(H,35,37)/b33-17+. The maximum atomic E-state index is 13.1. The molecule has 0 aliphatic heterocycles. The lowest BCUT2D eigenvalue weighted by molar-refractivity contribution is -0.384. The number of halogens is 2. The minimum Gasteiger partial charge on any atom is -0.486 e. The highest BCUT2D eigenvalue weighted by molar-refractivity contribution is 6.37. The fourth-order valence-electron chi connectivity index (χ4n) is 4.05. The molecule has 0 radical (unpaired) electrons. The molecule has 5 aromatic rings. The number of hydrogen-bond donors (Lipinski definition) is 1. The minimum atomic E-state index is -0.476. The number of fused-ring (bicyclic) bond motifs is 1. The molecule has 0 unspecified atom stereocenters. The van der Waals surface area contributed by atoms with E-state index in [9.17, 15) is 14.9 Å². The molecule has 0 aliphatic rings. The predicted octanol–water partition coefficient (Wildman–Crippen LogP) is 7.46. The number of para-hydroxylation sites is 1. The third-order valence-electron chi connectivity index (χ3n) is 5.94. The summed E-state index contributed by atoms with van der Waals surface area (Å²) in [6.07, 6.45) is 1.42. The first-order valence-corrected chi connectivity index (χ1v) is 12.8. The van der Waals surface area contributed by atoms with Crippen LogP contribution in [-0.4, -0.2) is 22.0 Å². The summed E-state index contributed by atoms with van der Waals surface area (Å²) in [4.78, 5) is 28.4. The highest BCUT2D eigenvalue weighted by Crippen LogP contribution is 2.34. The minimum absolute atomic E-state index is 0.0372. The number of ether oxygens (including phenoxy) is 1. The molecule has 4 aromatic carbocycles. The van der Waals surface area contributed by atoms with Crippen LogP contribution in [-0.2, 0) is 6.61 Å². The van der Waals surface area contributed by atoms with Crippen molar-refractivity contribution in [3.8, 4) is 17.0 Å². The Bertz CT molecular complexity index is 1740. The molecule has 1 N–H and O–H groups in total. The molecule has 1 aromatic heterocycles. The zero-order valence-electron chi connectivity index (χ0n) is 20.8. The van der Waals surface area contributed by atoms with Crippen LogP contribution in [0.5, 0.6) is 5.75 Å². The average Bonchev–Trinajstić information content (AvgIpc) is 2.96. The number of amides is 1. The molecule has 0 saturated heterocycles. The Morgan fingerprint density at radius 2 is 1.68 bits per heavy atom. The number of carbonyl (C=O) groups is 1. The summed E-state index contributed by atoms with van der Waals surface area (Å²) < 4.78 is 5.73. The molecule has 0 spiro atoms. The van der Waals surface area contributed by atoms with E-state index in [-0.39, 0.29) is 28.1 Å². The number of non-ortho nitro benzene ring substituents is 1. The van der Waals surface area contributed by atoms with Gasteiger partial charge >= 0.3 is 0 Å². The molecule has 8 nitrogen and oxygen atoms in total. The van der Waals surface area contributed by atoms with Crippen molar-refractivity contribution in [2.45, 2.75) is 6.61 Å². The highest BCUT2D eigenvalue weighted by Gasteiger charge is 2.14. The van der Waals surface area contributed by atoms with Crippen molar-refractivity contribution in [1.29, 1.82) is 0 Å². The molecule has 0 fully saturated rings. The molecular formula is C30H20Cl2N4O4. The van der Waals surface area contributed by atoms with Crippen LogP contribution < -0.4 is 10.2 Å². The lowest BCUT2D eigenvalue weighted by atomic mass is 10.0. The van der Waals surface area contributed by atoms with E-state index in [4.69, 9.17) is 32.9 Å². The molecule has 1 heterocycles. The molecule has 10 heteroatoms. The molecule has 40 heavy (non-hydrogen) atoms. The van der Waals surface area contributed by atoms with Gasteiger partial charge in [-0.1, -0.05) is 83.9 Å². The second-order valence-electron chi connectivity index (χ2n) is 8.67. The lowest BCUT2D eigenvalue weighted by Gasteiger charge is -2.11. The van der Waals surface area contributed by atoms with E-state index in [2.05, 4.69) is 10.5 Å². The van der Waals surface area contributed by atoms with Crippen molar-refractivity contribution in [3.63, 3.8) is 0 Å². The summed E-state index contributed by atoms with van der Waals surface area (Å²) in [6, 6.07) is 28.0. The Hall–Kier alpha value is -4.79. The monoisotopic (exact) mass is 570 g/mol. The summed E-state index contributed by atoms with van der Waals surface area (Å²) in [5.41, 5.74) is 6.34. The van der Waals surface area contributed by atoms with Crippen LogP contribution in [0.4, 0.5) is 5.69 Å². The molecule has 0 bridgehead atoms. The molecule has 0 atom stereocenters. The maximum absolute atomic E-state index is 13.1. The zero-order chi connectivity index (χ0) is 28.1. The molecule has 0 saturated carbocycles. The number of nitro groups is 1. The van der Waals surface area contributed by atoms with Gasteiger partial charge in [0.05, 0.1) is 38.0 Å². The highest BCUT2D eigenvalue weighted by atomic mass is 35.5. The summed E-state index contributed by atoms with van der Waals surface area (Å²) in [5, 5.41) is 16.2. The van der Waals surface area contributed by atoms with Crippen LogP contribution >= 0.6 is 23.2 Å². The van der Waals surface area contributed by atoms with Gasteiger partial charge in [0.1, 0.15) is 6.61 Å². The Balaban J connectivity index is 1.31. The topological polar surface area (TPSA) is 107 Å². The second-order valence-corrected chi connectivity index (χ2v) is 9.48. The number of rotatable bonds is 8. The first kappa shape index (κ1) is 26.8. The number of carbonyl (C=O) groups excluding carboxylic acids is 1. The summed E-state index contributed by atoms with van der Waals surface area (Å²) in [5.74, 6) is -0.172. The fraction of sp³-hybridized carbons (Fsp3) is 0.0333. The number of nitro benzene ring substituents is 1. The Labute approximate surface area is 239 Å². The van der Waals surface area contributed by atoms with Gasteiger partial charge in [-0.15, -0.1) is 0 Å². The normalized spacial score (nSPS) is 11.1. The molecule has 1 amide bonds. The fourth-order valence-corrected chi connectivity index (χ4v) is 4.67. The van der Waals surface area contributed by atoms with Crippen LogP contribution in [0.25, 0.3) is 22.2 Å². The number of aromatic nitrogens is 1. The van der Waals surface area contributed by atoms with Crippen LogP contribution in [0.3, 0.4) is 0 Å². The molecular weight excluding hydrogens is 551 g/mol. The number of hydrazone groups is 1. The first-order valence-electron chi connectivity index (χ1n) is 12.0. The SMILES string of the molecule is O=C(N/N=C/c1cc(Cl)c(OCc2cccc([N+](=O)[O-])c2)c(Cl)c1)c1cc(-c2ccccc2)nc2ccccc12. The third-order valence-corrected chi connectivity index (χ3v) is 6.50. The number of hydrogen-bond acceptors (Lipinski definition) is 6. The van der Waals surface area contributed by atoms with E-state index in [1.807, 2.05) is 54.6 Å². The van der Waals surface area contributed by atoms with Gasteiger partial charge < -0.3 is 4.74 Å². The van der Waals surface area contributed by atoms with Crippen molar-refractivity contribution < 1.29 is 14.5 Å². The van der Waals surface area contributed by atoms with Crippen molar-refractivity contribution in [1.82, 2.24) is 10.4 Å². The van der Waals surface area contributed by atoms with Gasteiger partial charge in [0.25, 0.3) is 11.6 Å². The van der Waals surface area contributed by atoms with Crippen molar-refractivity contribution >= 4 is 51.9 Å². The molecule has 198 valence electrons. The number of pyridine rings is 1. The van der Waals surface area contributed by atoms with Crippen LogP contribution in [0.2, 0.25) is 10.0 Å². The van der Waals surface area contributed by atoms with Gasteiger partial charge in [0.2, 0.25) is 0 Å². The van der Waals surface area contributed by atoms with E-state index >= 15 is 0 Å². The van der Waals surface area contributed by atoms with Crippen LogP contribution in [0, 0.1) is 10.1 Å². The smallest absolute Gasteiger partial charge is 0.272 e. The van der Waals surface area contributed by atoms with E-state index in [0.29, 0.717) is 33.3 Å². The van der Waals surface area contributed by atoms with Gasteiger partial charge in [-0.3, -0.25) is 14.9 Å². The van der Waals surface area contributed by atoms with Gasteiger partial charge in [-0.25, -0.2) is 10.4 Å². The van der Waals surface area contributed by atoms with Gasteiger partial charge in [-0.05, 0) is 35.4 Å². The Morgan fingerprint density at radius 1 is 0.950 bits per heavy atom. The van der Waals surface area contributed by atoms with Crippen molar-refractivity contribution in [2.24, 2.45) is 5.10 Å². The predicted molar refractivity (Wildman–Crippen MR) is 156 cm³/mol. The molecule has 5 rings (SSSR count). The zero-order valence-corrected chi connectivity index (χ0v) is 22.3. The lowest BCUT2D eigenvalue weighted by Crippen LogP contribution is -2.18. The number of nitrogens with zero attached hydrogens (tertiary/aromatic N) is 3. The maximum Gasteiger partial charge on any atom is 0.272 e. The summed E-state index contributed by atoms with van der Waals surface area (Å²) >= 11 is 12.8. The van der Waals surface area contributed by atoms with E-state index in [1.165, 1.54) is 18.3 Å². The van der Waals surface area contributed by atoms with Crippen LogP contribution in [0.1, 0.15) is 21.5 Å². The van der Waals surface area contributed by atoms with E-state index < -0.39 is 10.8 Å². The van der Waals surface area contributed by atoms with Gasteiger partial charge in [0, 0.05) is 23.1 Å². The number of benzene rings is 4. The van der Waals surface area contributed by atoms with Crippen molar-refractivity contribution in [2.75, 3.05) is 0 Å². The number of nitrogens with one attached hydrogen (secondary N) is 1. The first-order chi connectivity index (χ1) is 19.4. The quantitative estimate of drug-likeness (QED) is 0.118. The molecule has 0 aliphatic carbocycles. The largest absolute Gasteiger partial charge is 0.486 e. The average molecular weight is 571 g/mol. The second kappa shape index (κ2) is 11.9. The summed E-state index contributed by atoms with van der Waals surface area (Å²) in [6.45, 7) is 0.0372. The van der Waals surface area contributed by atoms with Gasteiger partial charge in [-0.2, -0.15) is 5.10 Å². The Kier molecular flexibility index (Phi) is 8.00. The van der Waals surface area contributed by atoms with E-state index in [0.717, 1.165) is 5.56 Å². The van der Waals surface area contributed by atoms with Gasteiger partial charge in [0.15, 0.2) is 5.75 Å².